The van der Waals surface area contributed by atoms with Gasteiger partial charge in [-0.25, -0.2) is 8.78 Å². The van der Waals surface area contributed by atoms with Gasteiger partial charge in [0.15, 0.2) is 0 Å². The normalized spacial score (nSPS) is 21.7. The minimum atomic E-state index is -0.481. The monoisotopic (exact) mass is 359 g/mol. The average Bonchev–Trinajstić information content (AvgIpc) is 3.54. The van der Waals surface area contributed by atoms with E-state index >= 15 is 0 Å². The highest BCUT2D eigenvalue weighted by Crippen LogP contribution is 2.47. The van der Waals surface area contributed by atoms with Crippen LogP contribution in [0.1, 0.15) is 55.6 Å². The van der Waals surface area contributed by atoms with Crippen LogP contribution in [0.15, 0.2) is 34.7 Å². The largest absolute Gasteiger partial charge is 0.464 e. The van der Waals surface area contributed by atoms with E-state index in [-0.39, 0.29) is 30.4 Å². The van der Waals surface area contributed by atoms with Gasteiger partial charge in [0.05, 0.1) is 6.54 Å². The van der Waals surface area contributed by atoms with Gasteiger partial charge in [-0.1, -0.05) is 6.92 Å². The molecule has 0 spiro atoms. The molecule has 0 aliphatic heterocycles. The second-order valence-corrected chi connectivity index (χ2v) is 7.61. The molecule has 0 saturated heterocycles. The summed E-state index contributed by atoms with van der Waals surface area (Å²) in [6.07, 6.45) is 3.52. The fourth-order valence-electron chi connectivity index (χ4n) is 3.49. The number of furan rings is 1. The summed E-state index contributed by atoms with van der Waals surface area (Å²) in [5.74, 6) is 2.03. The number of hydrogen-bond acceptors (Lipinski definition) is 2. The van der Waals surface area contributed by atoms with Crippen LogP contribution in [0.25, 0.3) is 0 Å². The van der Waals surface area contributed by atoms with E-state index in [1.807, 2.05) is 17.0 Å². The van der Waals surface area contributed by atoms with Crippen molar-refractivity contribution in [1.82, 2.24) is 4.90 Å². The summed E-state index contributed by atoms with van der Waals surface area (Å²) in [5, 5.41) is 0. The van der Waals surface area contributed by atoms with E-state index in [4.69, 9.17) is 4.42 Å². The maximum atomic E-state index is 13.7. The van der Waals surface area contributed by atoms with Crippen molar-refractivity contribution in [2.45, 2.75) is 57.5 Å². The third kappa shape index (κ3) is 3.81. The SMILES string of the molecule is CC1CC1c1ccc(CN(C(=O)CCc2cc(F)ccc2F)C2CC2)o1. The van der Waals surface area contributed by atoms with Gasteiger partial charge in [0.2, 0.25) is 5.91 Å². The smallest absolute Gasteiger partial charge is 0.223 e. The second-order valence-electron chi connectivity index (χ2n) is 7.61. The van der Waals surface area contributed by atoms with E-state index < -0.39 is 11.6 Å². The standard InChI is InChI=1S/C21H23F2NO2/c1-13-10-18(13)20-8-6-17(26-20)12-24(16-4-5-16)21(25)9-2-14-11-15(22)3-7-19(14)23/h3,6-8,11,13,16,18H,2,4-5,9-10,12H2,1H3. The van der Waals surface area contributed by atoms with E-state index in [2.05, 4.69) is 6.92 Å². The Hall–Kier alpha value is -2.17. The summed E-state index contributed by atoms with van der Waals surface area (Å²) in [4.78, 5) is 14.5. The van der Waals surface area contributed by atoms with Crippen LogP contribution in [0, 0.1) is 17.6 Å². The Morgan fingerprint density at radius 2 is 2.00 bits per heavy atom. The molecule has 2 fully saturated rings. The molecule has 138 valence electrons. The maximum Gasteiger partial charge on any atom is 0.223 e. The molecule has 2 atom stereocenters. The minimum Gasteiger partial charge on any atom is -0.464 e. The molecule has 2 aromatic rings. The third-order valence-corrected chi connectivity index (χ3v) is 5.41. The lowest BCUT2D eigenvalue weighted by atomic mass is 10.1. The molecule has 26 heavy (non-hydrogen) atoms. The summed E-state index contributed by atoms with van der Waals surface area (Å²) in [7, 11) is 0. The zero-order valence-corrected chi connectivity index (χ0v) is 14.9. The number of halogens is 2. The first-order valence-electron chi connectivity index (χ1n) is 9.33. The first-order valence-corrected chi connectivity index (χ1v) is 9.33. The van der Waals surface area contributed by atoms with Crippen molar-refractivity contribution in [3.05, 3.63) is 59.1 Å². The fourth-order valence-corrected chi connectivity index (χ4v) is 3.49. The van der Waals surface area contributed by atoms with Crippen molar-refractivity contribution in [3.8, 4) is 0 Å². The summed E-state index contributed by atoms with van der Waals surface area (Å²) in [5.41, 5.74) is 0.247. The van der Waals surface area contributed by atoms with Gasteiger partial charge in [0.25, 0.3) is 0 Å². The molecule has 1 amide bonds. The van der Waals surface area contributed by atoms with E-state index in [1.165, 1.54) is 6.07 Å². The van der Waals surface area contributed by atoms with E-state index in [0.29, 0.717) is 18.4 Å². The molecule has 5 heteroatoms. The molecule has 2 saturated carbocycles. The zero-order valence-electron chi connectivity index (χ0n) is 14.9. The fraction of sp³-hybridized carbons (Fsp3) is 0.476. The molecule has 1 aromatic heterocycles. The number of rotatable bonds is 7. The summed E-state index contributed by atoms with van der Waals surface area (Å²) in [6.45, 7) is 2.66. The van der Waals surface area contributed by atoms with Gasteiger partial charge in [0, 0.05) is 18.4 Å². The molecule has 2 aliphatic carbocycles. The van der Waals surface area contributed by atoms with Crippen LogP contribution in [-0.4, -0.2) is 16.8 Å². The van der Waals surface area contributed by atoms with Crippen molar-refractivity contribution < 1.29 is 18.0 Å². The highest BCUT2D eigenvalue weighted by Gasteiger charge is 2.37. The second kappa shape index (κ2) is 6.86. The van der Waals surface area contributed by atoms with E-state index in [9.17, 15) is 13.6 Å². The first kappa shape index (κ1) is 17.3. The van der Waals surface area contributed by atoms with Gasteiger partial charge >= 0.3 is 0 Å². The van der Waals surface area contributed by atoms with Crippen LogP contribution in [-0.2, 0) is 17.8 Å². The molecule has 2 unspecified atom stereocenters. The molecule has 1 aromatic carbocycles. The molecule has 2 aliphatic rings. The van der Waals surface area contributed by atoms with Crippen molar-refractivity contribution >= 4 is 5.91 Å². The Bertz CT molecular complexity index is 812. The molecular weight excluding hydrogens is 336 g/mol. The van der Waals surface area contributed by atoms with Gasteiger partial charge in [-0.2, -0.15) is 0 Å². The Morgan fingerprint density at radius 1 is 1.23 bits per heavy atom. The molecule has 0 radical (unpaired) electrons. The lowest BCUT2D eigenvalue weighted by Crippen LogP contribution is -2.32. The van der Waals surface area contributed by atoms with Crippen LogP contribution in [0.3, 0.4) is 0 Å². The van der Waals surface area contributed by atoms with Gasteiger partial charge in [-0.15, -0.1) is 0 Å². The Labute approximate surface area is 152 Å². The molecule has 0 N–H and O–H groups in total. The predicted octanol–water partition coefficient (Wildman–Crippen LogP) is 4.81. The van der Waals surface area contributed by atoms with Crippen LogP contribution in [0.4, 0.5) is 8.78 Å². The lowest BCUT2D eigenvalue weighted by Gasteiger charge is -2.21. The van der Waals surface area contributed by atoms with E-state index in [1.54, 1.807) is 0 Å². The van der Waals surface area contributed by atoms with Gasteiger partial charge in [-0.05, 0) is 67.5 Å². The molecule has 3 nitrogen and oxygen atoms in total. The predicted molar refractivity (Wildman–Crippen MR) is 93.5 cm³/mol. The Kier molecular flexibility index (Phi) is 4.55. The topological polar surface area (TPSA) is 33.5 Å². The number of hydrogen-bond donors (Lipinski definition) is 0. The van der Waals surface area contributed by atoms with Crippen molar-refractivity contribution in [2.75, 3.05) is 0 Å². The molecule has 1 heterocycles. The number of benzene rings is 1. The maximum absolute atomic E-state index is 13.7. The van der Waals surface area contributed by atoms with E-state index in [0.717, 1.165) is 42.9 Å². The molecular formula is C21H23F2NO2. The number of carbonyl (C=O) groups is 1. The van der Waals surface area contributed by atoms with Crippen LogP contribution < -0.4 is 0 Å². The van der Waals surface area contributed by atoms with Crippen molar-refractivity contribution in [3.63, 3.8) is 0 Å². The van der Waals surface area contributed by atoms with Crippen molar-refractivity contribution in [2.24, 2.45) is 5.92 Å². The van der Waals surface area contributed by atoms with Gasteiger partial charge < -0.3 is 9.32 Å². The van der Waals surface area contributed by atoms with Gasteiger partial charge in [-0.3, -0.25) is 4.79 Å². The number of carbonyl (C=O) groups excluding carboxylic acids is 1. The quantitative estimate of drug-likeness (QED) is 0.711. The van der Waals surface area contributed by atoms with Crippen LogP contribution in [0.2, 0.25) is 0 Å². The Morgan fingerprint density at radius 3 is 2.69 bits per heavy atom. The average molecular weight is 359 g/mol. The third-order valence-electron chi connectivity index (χ3n) is 5.41. The minimum absolute atomic E-state index is 0.0334. The van der Waals surface area contributed by atoms with Gasteiger partial charge in [0.1, 0.15) is 23.2 Å². The van der Waals surface area contributed by atoms with Crippen molar-refractivity contribution in [1.29, 1.82) is 0 Å². The number of aryl methyl sites for hydroxylation is 1. The summed E-state index contributed by atoms with van der Waals surface area (Å²) in [6, 6.07) is 7.58. The Balaban J connectivity index is 1.39. The lowest BCUT2D eigenvalue weighted by molar-refractivity contribution is -0.132. The van der Waals surface area contributed by atoms with Crippen LogP contribution in [0.5, 0.6) is 0 Å². The highest BCUT2D eigenvalue weighted by molar-refractivity contribution is 5.77. The highest BCUT2D eigenvalue weighted by atomic mass is 19.1. The van der Waals surface area contributed by atoms with Crippen LogP contribution >= 0.6 is 0 Å². The number of amides is 1. The first-order chi connectivity index (χ1) is 12.5. The molecule has 4 rings (SSSR count). The summed E-state index contributed by atoms with van der Waals surface area (Å²) < 4.78 is 33.0. The summed E-state index contributed by atoms with van der Waals surface area (Å²) >= 11 is 0. The molecule has 0 bridgehead atoms. The zero-order chi connectivity index (χ0) is 18.3. The number of nitrogens with zero attached hydrogens (tertiary/aromatic N) is 1.